The number of hydrogen-bond acceptors (Lipinski definition) is 9. The molecule has 0 bridgehead atoms. The molecule has 1 saturated heterocycles. The Morgan fingerprint density at radius 2 is 1.95 bits per heavy atom. The number of carbonyl (C=O) groups excluding carboxylic acids is 1. The predicted molar refractivity (Wildman–Crippen MR) is 161 cm³/mol. The van der Waals surface area contributed by atoms with Crippen LogP contribution in [-0.2, 0) is 10.6 Å². The molecule has 1 saturated carbocycles. The molecule has 0 radical (unpaired) electrons. The van der Waals surface area contributed by atoms with Crippen molar-refractivity contribution in [2.75, 3.05) is 29.9 Å². The van der Waals surface area contributed by atoms with Crippen molar-refractivity contribution in [3.05, 3.63) is 48.2 Å². The van der Waals surface area contributed by atoms with Gasteiger partial charge in [-0.25, -0.2) is 23.6 Å². The van der Waals surface area contributed by atoms with Crippen LogP contribution in [0.3, 0.4) is 0 Å². The third kappa shape index (κ3) is 7.00. The maximum Gasteiger partial charge on any atom is 0.394 e. The minimum absolute atomic E-state index is 0.0766. The molecule has 10 nitrogen and oxygen atoms in total. The number of ether oxygens (including phenoxy) is 1. The largest absolute Gasteiger partial charge is 0.477 e. The number of thiol groups is 1. The first-order valence-corrected chi connectivity index (χ1v) is 16.0. The lowest BCUT2D eigenvalue weighted by Gasteiger charge is -2.33. The van der Waals surface area contributed by atoms with Crippen molar-refractivity contribution >= 4 is 28.0 Å². The molecule has 0 aromatic carbocycles. The van der Waals surface area contributed by atoms with Gasteiger partial charge in [0.2, 0.25) is 5.88 Å². The lowest BCUT2D eigenvalue weighted by Crippen LogP contribution is -2.39. The SMILES string of the molecule is CC(=O)c1ccc(-n2ccc(OCCC3(C(F)(F)F)CC3)n2)nc1N1CC(CCCNc2cccc([SH](=N)=O)n2)CC1(C)C. The number of pyridine rings is 2. The summed E-state index contributed by atoms with van der Waals surface area (Å²) in [4.78, 5) is 23.9. The van der Waals surface area contributed by atoms with Gasteiger partial charge in [-0.3, -0.25) is 4.79 Å². The standard InChI is InChI=1S/C30H38F3N7O3S/c1-20(41)22-9-10-24(40-16-11-25(38-40)43-17-14-29(12-13-29)30(31,32)33)37-27(22)39-19-21(18-28(39,2)3)6-5-15-35-23-7-4-8-26(36-23)44(34)42/h4,7-11,16,21,34,44H,5-6,12-15,17-19H2,1-3H3,(H,35,36). The number of hydrogen-bond donors (Lipinski definition) is 3. The average Bonchev–Trinajstić information content (AvgIpc) is 3.51. The van der Waals surface area contributed by atoms with Crippen LogP contribution in [0.25, 0.3) is 5.82 Å². The number of rotatable bonds is 13. The fourth-order valence-corrected chi connectivity index (χ4v) is 6.35. The number of aromatic nitrogens is 4. The van der Waals surface area contributed by atoms with E-state index in [0.717, 1.165) is 19.3 Å². The Morgan fingerprint density at radius 1 is 1.18 bits per heavy atom. The van der Waals surface area contributed by atoms with Gasteiger partial charge in [0.05, 0.1) is 28.2 Å². The summed E-state index contributed by atoms with van der Waals surface area (Å²) in [5.74, 6) is 2.11. The molecule has 2 N–H and O–H groups in total. The lowest BCUT2D eigenvalue weighted by molar-refractivity contribution is -0.190. The zero-order valence-corrected chi connectivity index (χ0v) is 25.9. The van der Waals surface area contributed by atoms with Gasteiger partial charge in [-0.05, 0) is 89.5 Å². The zero-order chi connectivity index (χ0) is 31.7. The summed E-state index contributed by atoms with van der Waals surface area (Å²) in [6.45, 7) is 7.09. The van der Waals surface area contributed by atoms with Crippen LogP contribution in [0.1, 0.15) is 69.7 Å². The lowest BCUT2D eigenvalue weighted by atomic mass is 9.93. The molecule has 5 rings (SSSR count). The molecule has 238 valence electrons. The van der Waals surface area contributed by atoms with Crippen molar-refractivity contribution in [3.8, 4) is 11.7 Å². The first-order chi connectivity index (χ1) is 20.8. The molecule has 2 atom stereocenters. The van der Waals surface area contributed by atoms with Crippen molar-refractivity contribution in [3.63, 3.8) is 0 Å². The maximum atomic E-state index is 13.2. The summed E-state index contributed by atoms with van der Waals surface area (Å²) in [5.41, 5.74) is -1.38. The minimum Gasteiger partial charge on any atom is -0.477 e. The van der Waals surface area contributed by atoms with Crippen molar-refractivity contribution in [1.29, 1.82) is 4.78 Å². The normalized spacial score (nSPS) is 19.5. The first-order valence-electron chi connectivity index (χ1n) is 14.7. The van der Waals surface area contributed by atoms with E-state index in [1.165, 1.54) is 11.6 Å². The van der Waals surface area contributed by atoms with Gasteiger partial charge < -0.3 is 15.0 Å². The Kier molecular flexibility index (Phi) is 8.92. The predicted octanol–water partition coefficient (Wildman–Crippen LogP) is 6.08. The molecule has 1 aliphatic carbocycles. The second-order valence-electron chi connectivity index (χ2n) is 12.3. The molecule has 3 aromatic rings. The number of ketones is 1. The van der Waals surface area contributed by atoms with E-state index in [0.29, 0.717) is 42.0 Å². The quantitative estimate of drug-likeness (QED) is 0.118. The molecular formula is C30H38F3N7O3S. The number of carbonyl (C=O) groups is 1. The Labute approximate surface area is 256 Å². The van der Waals surface area contributed by atoms with Gasteiger partial charge in [0.1, 0.15) is 16.7 Å². The Morgan fingerprint density at radius 3 is 2.64 bits per heavy atom. The van der Waals surface area contributed by atoms with Crippen molar-refractivity contribution in [2.24, 2.45) is 11.3 Å². The van der Waals surface area contributed by atoms with Crippen LogP contribution < -0.4 is 15.0 Å². The van der Waals surface area contributed by atoms with Gasteiger partial charge in [-0.2, -0.15) is 13.2 Å². The summed E-state index contributed by atoms with van der Waals surface area (Å²) < 4.78 is 65.6. The van der Waals surface area contributed by atoms with Gasteiger partial charge in [0, 0.05) is 30.9 Å². The van der Waals surface area contributed by atoms with Crippen LogP contribution >= 0.6 is 0 Å². The monoisotopic (exact) mass is 633 g/mol. The van der Waals surface area contributed by atoms with E-state index in [4.69, 9.17) is 14.5 Å². The highest BCUT2D eigenvalue weighted by Crippen LogP contribution is 2.59. The van der Waals surface area contributed by atoms with Gasteiger partial charge in [0.25, 0.3) is 0 Å². The maximum absolute atomic E-state index is 13.2. The van der Waals surface area contributed by atoms with Gasteiger partial charge in [-0.1, -0.05) is 6.07 Å². The molecule has 14 heteroatoms. The molecule has 2 unspecified atom stereocenters. The van der Waals surface area contributed by atoms with E-state index in [1.54, 1.807) is 42.6 Å². The smallest absolute Gasteiger partial charge is 0.394 e. The van der Waals surface area contributed by atoms with Crippen LogP contribution in [0.2, 0.25) is 0 Å². The fourth-order valence-electron chi connectivity index (χ4n) is 5.93. The summed E-state index contributed by atoms with van der Waals surface area (Å²) in [5, 5.41) is 7.87. The number of nitrogens with zero attached hydrogens (tertiary/aromatic N) is 5. The molecular weight excluding hydrogens is 595 g/mol. The summed E-state index contributed by atoms with van der Waals surface area (Å²) in [7, 11) is -2.24. The molecule has 2 fully saturated rings. The van der Waals surface area contributed by atoms with Crippen LogP contribution in [0, 0.1) is 16.1 Å². The fraction of sp³-hybridized carbons (Fsp3) is 0.533. The second kappa shape index (κ2) is 12.4. The molecule has 0 amide bonds. The highest BCUT2D eigenvalue weighted by atomic mass is 32.2. The number of halogens is 3. The topological polar surface area (TPSA) is 126 Å². The summed E-state index contributed by atoms with van der Waals surface area (Å²) >= 11 is 0. The van der Waals surface area contributed by atoms with Gasteiger partial charge in [0.15, 0.2) is 11.6 Å². The number of anilines is 2. The van der Waals surface area contributed by atoms with Crippen molar-refractivity contribution in [2.45, 2.75) is 76.0 Å². The van der Waals surface area contributed by atoms with Crippen molar-refractivity contribution < 1.29 is 26.9 Å². The Hall–Kier alpha value is -3.68. The molecule has 4 heterocycles. The van der Waals surface area contributed by atoms with E-state index < -0.39 is 22.2 Å². The molecule has 2 aliphatic rings. The van der Waals surface area contributed by atoms with E-state index in [9.17, 15) is 22.2 Å². The van der Waals surface area contributed by atoms with Crippen LogP contribution in [-0.4, -0.2) is 61.2 Å². The van der Waals surface area contributed by atoms with E-state index in [1.807, 2.05) is 0 Å². The Balaban J connectivity index is 1.23. The number of alkyl halides is 3. The van der Waals surface area contributed by atoms with Crippen LogP contribution in [0.5, 0.6) is 5.88 Å². The molecule has 0 spiro atoms. The first kappa shape index (κ1) is 31.7. The number of nitrogens with one attached hydrogen (secondary N) is 2. The molecule has 44 heavy (non-hydrogen) atoms. The third-order valence-electron chi connectivity index (χ3n) is 8.58. The summed E-state index contributed by atoms with van der Waals surface area (Å²) in [6, 6.07) is 10.1. The average molecular weight is 634 g/mol. The summed E-state index contributed by atoms with van der Waals surface area (Å²) in [6.07, 6.45) is 0.315. The number of Topliss-reactive ketones (excluding diaryl/α,β-unsaturated/α-hetero) is 1. The van der Waals surface area contributed by atoms with Crippen LogP contribution in [0.4, 0.5) is 24.8 Å². The highest BCUT2D eigenvalue weighted by Gasteiger charge is 2.62. The zero-order valence-electron chi connectivity index (χ0n) is 25.0. The Bertz CT molecular complexity index is 1580. The van der Waals surface area contributed by atoms with Gasteiger partial charge >= 0.3 is 6.18 Å². The highest BCUT2D eigenvalue weighted by molar-refractivity contribution is 7.73. The van der Waals surface area contributed by atoms with Crippen molar-refractivity contribution in [1.82, 2.24) is 19.7 Å². The molecule has 1 aliphatic heterocycles. The van der Waals surface area contributed by atoms with E-state index in [2.05, 4.69) is 34.1 Å². The van der Waals surface area contributed by atoms with Gasteiger partial charge in [-0.15, -0.1) is 5.10 Å². The second-order valence-corrected chi connectivity index (χ2v) is 13.4. The van der Waals surface area contributed by atoms with E-state index in [-0.39, 0.29) is 48.1 Å². The minimum atomic E-state index is -4.22. The van der Waals surface area contributed by atoms with Crippen LogP contribution in [0.15, 0.2) is 47.6 Å². The third-order valence-corrected chi connectivity index (χ3v) is 9.24. The molecule has 3 aromatic heterocycles. The van der Waals surface area contributed by atoms with E-state index >= 15 is 0 Å².